The summed E-state index contributed by atoms with van der Waals surface area (Å²) in [5.74, 6) is 0.807. The van der Waals surface area contributed by atoms with E-state index < -0.39 is 0 Å². The summed E-state index contributed by atoms with van der Waals surface area (Å²) in [5, 5.41) is 3.33. The van der Waals surface area contributed by atoms with E-state index in [9.17, 15) is 4.79 Å². The van der Waals surface area contributed by atoms with Gasteiger partial charge in [0.15, 0.2) is 0 Å². The molecule has 0 saturated carbocycles. The summed E-state index contributed by atoms with van der Waals surface area (Å²) < 4.78 is 0. The van der Waals surface area contributed by atoms with Crippen LogP contribution in [0.4, 0.5) is 0 Å². The largest absolute Gasteiger partial charge is 0.337 e. The van der Waals surface area contributed by atoms with Crippen LogP contribution in [0, 0.1) is 5.92 Å². The van der Waals surface area contributed by atoms with Crippen molar-refractivity contribution in [3.8, 4) is 0 Å². The van der Waals surface area contributed by atoms with Crippen molar-refractivity contribution in [3.05, 3.63) is 0 Å². The molecule has 0 spiro atoms. The molecule has 1 fully saturated rings. The van der Waals surface area contributed by atoms with Gasteiger partial charge in [-0.15, -0.1) is 0 Å². The molecule has 3 nitrogen and oxygen atoms in total. The van der Waals surface area contributed by atoms with Gasteiger partial charge in [0, 0.05) is 13.6 Å². The Morgan fingerprint density at radius 3 is 2.75 bits per heavy atom. The molecule has 1 N–H and O–H groups in total. The summed E-state index contributed by atoms with van der Waals surface area (Å²) in [6.45, 7) is 3.13. The van der Waals surface area contributed by atoms with Crippen molar-refractivity contribution in [1.82, 2.24) is 10.2 Å². The van der Waals surface area contributed by atoms with Crippen molar-refractivity contribution in [2.75, 3.05) is 26.7 Å². The molecule has 0 aromatic carbocycles. The number of hydrogen-bond acceptors (Lipinski definition) is 2. The van der Waals surface area contributed by atoms with E-state index in [4.69, 9.17) is 0 Å². The summed E-state index contributed by atoms with van der Waals surface area (Å²) in [5.41, 5.74) is 0. The second kappa shape index (κ2) is 5.14. The Bertz CT molecular complexity index is 132. The molecule has 1 aliphatic rings. The van der Waals surface area contributed by atoms with Gasteiger partial charge in [-0.05, 0) is 38.3 Å². The first kappa shape index (κ1) is 9.52. The van der Waals surface area contributed by atoms with Crippen LogP contribution in [0.15, 0.2) is 0 Å². The summed E-state index contributed by atoms with van der Waals surface area (Å²) >= 11 is 0. The minimum absolute atomic E-state index is 0.807. The molecule has 1 heterocycles. The van der Waals surface area contributed by atoms with Gasteiger partial charge < -0.3 is 10.2 Å². The quantitative estimate of drug-likeness (QED) is 0.617. The molecule has 3 heteroatoms. The smallest absolute Gasteiger partial charge is 0.311 e. The molecule has 69 valence electrons. The lowest BCUT2D eigenvalue weighted by Gasteiger charge is -2.23. The van der Waals surface area contributed by atoms with Crippen molar-refractivity contribution < 1.29 is 4.79 Å². The van der Waals surface area contributed by atoms with Crippen LogP contribution in [0.25, 0.3) is 0 Å². The standard InChI is InChI=1S/C9H17N2O/c1-11(8-12)7-4-9-2-5-10-6-3-9/h9-10H,2-7H2,1H3. The summed E-state index contributed by atoms with van der Waals surface area (Å²) in [7, 11) is 1.79. The van der Waals surface area contributed by atoms with Crippen molar-refractivity contribution in [1.29, 1.82) is 0 Å². The van der Waals surface area contributed by atoms with Gasteiger partial charge in [0.1, 0.15) is 0 Å². The molecular weight excluding hydrogens is 152 g/mol. The van der Waals surface area contributed by atoms with Gasteiger partial charge in [0.05, 0.1) is 0 Å². The zero-order valence-corrected chi connectivity index (χ0v) is 7.68. The zero-order chi connectivity index (χ0) is 8.81. The molecule has 0 unspecified atom stereocenters. The maximum absolute atomic E-state index is 10.2. The van der Waals surface area contributed by atoms with Crippen molar-refractivity contribution >= 4 is 6.41 Å². The predicted molar refractivity (Wildman–Crippen MR) is 48.5 cm³/mol. The van der Waals surface area contributed by atoms with E-state index in [1.165, 1.54) is 12.8 Å². The van der Waals surface area contributed by atoms with Crippen LogP contribution in [-0.2, 0) is 4.79 Å². The monoisotopic (exact) mass is 169 g/mol. The van der Waals surface area contributed by atoms with E-state index in [0.717, 1.165) is 32.0 Å². The van der Waals surface area contributed by atoms with Gasteiger partial charge in [0.2, 0.25) is 0 Å². The lowest BCUT2D eigenvalue weighted by molar-refractivity contribution is 0.318. The van der Waals surface area contributed by atoms with Gasteiger partial charge in [-0.3, -0.25) is 4.79 Å². The molecule has 1 rings (SSSR count). The summed E-state index contributed by atoms with van der Waals surface area (Å²) in [4.78, 5) is 11.8. The van der Waals surface area contributed by atoms with Crippen LogP contribution in [0.5, 0.6) is 0 Å². The molecular formula is C9H17N2O. The van der Waals surface area contributed by atoms with E-state index in [0.29, 0.717) is 0 Å². The average molecular weight is 169 g/mol. The third kappa shape index (κ3) is 3.22. The Kier molecular flexibility index (Phi) is 4.08. The molecule has 0 bridgehead atoms. The Labute approximate surface area is 74.1 Å². The molecule has 0 aliphatic carbocycles. The van der Waals surface area contributed by atoms with Crippen molar-refractivity contribution in [3.63, 3.8) is 0 Å². The second-order valence-electron chi connectivity index (χ2n) is 3.49. The Morgan fingerprint density at radius 2 is 2.17 bits per heavy atom. The fourth-order valence-corrected chi connectivity index (χ4v) is 1.59. The second-order valence-corrected chi connectivity index (χ2v) is 3.49. The first-order chi connectivity index (χ1) is 5.83. The normalized spacial score (nSPS) is 19.1. The van der Waals surface area contributed by atoms with Gasteiger partial charge in [0.25, 0.3) is 0 Å². The first-order valence-corrected chi connectivity index (χ1v) is 4.62. The van der Waals surface area contributed by atoms with Crippen LogP contribution >= 0.6 is 0 Å². The molecule has 1 saturated heterocycles. The van der Waals surface area contributed by atoms with Gasteiger partial charge in [-0.1, -0.05) is 0 Å². The fraction of sp³-hybridized carbons (Fsp3) is 0.889. The SMILES string of the molecule is CN([C]=O)CCC1CCNCC1. The maximum atomic E-state index is 10.2. The van der Waals surface area contributed by atoms with Crippen LogP contribution in [0.2, 0.25) is 0 Å². The lowest BCUT2D eigenvalue weighted by Crippen LogP contribution is -2.30. The van der Waals surface area contributed by atoms with Crippen LogP contribution in [0.1, 0.15) is 19.3 Å². The fourth-order valence-electron chi connectivity index (χ4n) is 1.59. The Balaban J connectivity index is 2.08. The van der Waals surface area contributed by atoms with E-state index in [1.807, 2.05) is 6.41 Å². The molecule has 1 aliphatic heterocycles. The Hall–Kier alpha value is -0.570. The maximum Gasteiger partial charge on any atom is 0.311 e. The third-order valence-corrected chi connectivity index (χ3v) is 2.49. The van der Waals surface area contributed by atoms with Crippen LogP contribution < -0.4 is 5.32 Å². The molecule has 0 aromatic heterocycles. The van der Waals surface area contributed by atoms with Gasteiger partial charge in [-0.25, -0.2) is 0 Å². The molecule has 12 heavy (non-hydrogen) atoms. The van der Waals surface area contributed by atoms with E-state index in [-0.39, 0.29) is 0 Å². The molecule has 1 amide bonds. The number of nitrogens with zero attached hydrogens (tertiary/aromatic N) is 1. The number of rotatable bonds is 4. The lowest BCUT2D eigenvalue weighted by atomic mass is 9.95. The minimum atomic E-state index is 0.807. The van der Waals surface area contributed by atoms with Gasteiger partial charge in [-0.2, -0.15) is 0 Å². The molecule has 1 radical (unpaired) electrons. The highest BCUT2D eigenvalue weighted by Crippen LogP contribution is 2.15. The average Bonchev–Trinajstić information content (AvgIpc) is 2.16. The summed E-state index contributed by atoms with van der Waals surface area (Å²) in [6.07, 6.45) is 5.52. The van der Waals surface area contributed by atoms with Crippen LogP contribution in [-0.4, -0.2) is 38.0 Å². The minimum Gasteiger partial charge on any atom is -0.337 e. The molecule has 0 aromatic rings. The number of nitrogens with one attached hydrogen (secondary N) is 1. The van der Waals surface area contributed by atoms with Crippen LogP contribution in [0.3, 0.4) is 0 Å². The number of piperidine rings is 1. The predicted octanol–water partition coefficient (Wildman–Crippen LogP) is 0.375. The number of hydrogen-bond donors (Lipinski definition) is 1. The zero-order valence-electron chi connectivity index (χ0n) is 7.68. The van der Waals surface area contributed by atoms with E-state index in [2.05, 4.69) is 5.32 Å². The van der Waals surface area contributed by atoms with E-state index in [1.54, 1.807) is 11.9 Å². The highest BCUT2D eigenvalue weighted by molar-refractivity contribution is 5.47. The highest BCUT2D eigenvalue weighted by Gasteiger charge is 2.12. The molecule has 0 atom stereocenters. The Morgan fingerprint density at radius 1 is 1.50 bits per heavy atom. The van der Waals surface area contributed by atoms with Gasteiger partial charge >= 0.3 is 6.41 Å². The van der Waals surface area contributed by atoms with Crippen molar-refractivity contribution in [2.45, 2.75) is 19.3 Å². The highest BCUT2D eigenvalue weighted by atomic mass is 16.1. The summed E-state index contributed by atoms with van der Waals surface area (Å²) in [6, 6.07) is 0. The number of carbonyl (C=O) groups excluding carboxylic acids is 1. The first-order valence-electron chi connectivity index (χ1n) is 4.62. The van der Waals surface area contributed by atoms with Crippen molar-refractivity contribution in [2.24, 2.45) is 5.92 Å². The number of amides is 1. The topological polar surface area (TPSA) is 32.3 Å². The van der Waals surface area contributed by atoms with E-state index >= 15 is 0 Å². The third-order valence-electron chi connectivity index (χ3n) is 2.49.